The number of rotatable bonds is 7. The largest absolute Gasteiger partial charge is 0.333 e. The number of benzene rings is 1. The summed E-state index contributed by atoms with van der Waals surface area (Å²) < 4.78 is 0. The summed E-state index contributed by atoms with van der Waals surface area (Å²) in [5.74, 6) is 1.95. The Kier molecular flexibility index (Phi) is 11.5. The Labute approximate surface area is 184 Å². The first-order valence-electron chi connectivity index (χ1n) is 9.34. The number of aromatic nitrogens is 1. The van der Waals surface area contributed by atoms with E-state index in [1.165, 1.54) is 11.1 Å². The first-order chi connectivity index (χ1) is 12.8. The normalized spacial score (nSPS) is 16.0. The van der Waals surface area contributed by atoms with Gasteiger partial charge in [-0.1, -0.05) is 37.3 Å². The molecule has 0 saturated carbocycles. The molecule has 2 heterocycles. The highest BCUT2D eigenvalue weighted by atomic mass is 35.5. The van der Waals surface area contributed by atoms with Crippen LogP contribution < -0.4 is 5.32 Å². The Morgan fingerprint density at radius 1 is 1.21 bits per heavy atom. The third-order valence-electron chi connectivity index (χ3n) is 4.77. The number of amides is 1. The summed E-state index contributed by atoms with van der Waals surface area (Å²) in [5, 5.41) is 3.43. The van der Waals surface area contributed by atoms with Crippen LogP contribution in [0.5, 0.6) is 0 Å². The third kappa shape index (κ3) is 6.96. The molecule has 3 rings (SSSR count). The van der Waals surface area contributed by atoms with Crippen LogP contribution >= 0.6 is 36.6 Å². The number of nitrogens with one attached hydrogen (secondary N) is 1. The van der Waals surface area contributed by atoms with Gasteiger partial charge in [0.25, 0.3) is 0 Å². The second-order valence-corrected chi connectivity index (χ2v) is 7.63. The second-order valence-electron chi connectivity index (χ2n) is 6.53. The second kappa shape index (κ2) is 13.0. The summed E-state index contributed by atoms with van der Waals surface area (Å²) in [6, 6.07) is 14.8. The predicted molar refractivity (Wildman–Crippen MR) is 123 cm³/mol. The van der Waals surface area contributed by atoms with Gasteiger partial charge in [0.2, 0.25) is 5.91 Å². The van der Waals surface area contributed by atoms with Crippen molar-refractivity contribution >= 4 is 42.5 Å². The fourth-order valence-corrected chi connectivity index (χ4v) is 4.08. The van der Waals surface area contributed by atoms with Crippen molar-refractivity contribution in [3.8, 4) is 0 Å². The summed E-state index contributed by atoms with van der Waals surface area (Å²) in [7, 11) is 0. The molecule has 1 aromatic heterocycles. The van der Waals surface area contributed by atoms with Gasteiger partial charge in [-0.3, -0.25) is 9.78 Å². The highest BCUT2D eigenvalue weighted by Crippen LogP contribution is 2.24. The quantitative estimate of drug-likeness (QED) is 0.650. The molecule has 1 fully saturated rings. The smallest absolute Gasteiger partial charge is 0.224 e. The van der Waals surface area contributed by atoms with E-state index in [0.29, 0.717) is 6.42 Å². The van der Waals surface area contributed by atoms with Crippen LogP contribution in [0, 0.1) is 0 Å². The number of pyridine rings is 1. The fraction of sp³-hybridized carbons (Fsp3) is 0.429. The van der Waals surface area contributed by atoms with Crippen molar-refractivity contribution in [2.24, 2.45) is 0 Å². The predicted octanol–water partition coefficient (Wildman–Crippen LogP) is 4.28. The van der Waals surface area contributed by atoms with Crippen LogP contribution in [-0.2, 0) is 17.0 Å². The van der Waals surface area contributed by atoms with E-state index in [2.05, 4.69) is 46.4 Å². The highest BCUT2D eigenvalue weighted by molar-refractivity contribution is 7.98. The number of carbonyl (C=O) groups is 1. The minimum atomic E-state index is 0. The maximum Gasteiger partial charge on any atom is 0.224 e. The van der Waals surface area contributed by atoms with Gasteiger partial charge < -0.3 is 10.2 Å². The van der Waals surface area contributed by atoms with Gasteiger partial charge in [-0.05, 0) is 29.7 Å². The number of aryl methyl sites for hydroxylation is 1. The molecular weight excluding hydrogens is 413 g/mol. The molecule has 1 aliphatic rings. The van der Waals surface area contributed by atoms with E-state index in [9.17, 15) is 4.79 Å². The molecule has 28 heavy (non-hydrogen) atoms. The molecule has 0 radical (unpaired) electrons. The average Bonchev–Trinajstić information content (AvgIpc) is 2.72. The van der Waals surface area contributed by atoms with E-state index in [1.807, 2.05) is 24.4 Å². The Balaban J connectivity index is 0.00000196. The Bertz CT molecular complexity index is 701. The molecule has 1 atom stereocenters. The van der Waals surface area contributed by atoms with E-state index < -0.39 is 0 Å². The van der Waals surface area contributed by atoms with Gasteiger partial charge in [-0.2, -0.15) is 11.8 Å². The molecule has 0 aliphatic carbocycles. The fourth-order valence-electron chi connectivity index (χ4n) is 3.24. The molecule has 1 saturated heterocycles. The molecule has 4 nitrogen and oxygen atoms in total. The van der Waals surface area contributed by atoms with Gasteiger partial charge in [-0.15, -0.1) is 24.8 Å². The Hall–Kier alpha value is -1.27. The van der Waals surface area contributed by atoms with Gasteiger partial charge in [-0.25, -0.2) is 0 Å². The third-order valence-corrected chi connectivity index (χ3v) is 5.77. The number of hydrogen-bond acceptors (Lipinski definition) is 4. The first-order valence-corrected chi connectivity index (χ1v) is 10.5. The molecule has 1 amide bonds. The molecular formula is C21H29Cl2N3OS. The highest BCUT2D eigenvalue weighted by Gasteiger charge is 2.27. The van der Waals surface area contributed by atoms with E-state index in [4.69, 9.17) is 0 Å². The van der Waals surface area contributed by atoms with Crippen molar-refractivity contribution in [3.05, 3.63) is 65.5 Å². The average molecular weight is 442 g/mol. The van der Waals surface area contributed by atoms with Crippen LogP contribution in [0.25, 0.3) is 0 Å². The number of piperazine rings is 1. The van der Waals surface area contributed by atoms with Gasteiger partial charge in [0.15, 0.2) is 0 Å². The van der Waals surface area contributed by atoms with Crippen molar-refractivity contribution in [1.29, 1.82) is 0 Å². The molecule has 2 aromatic rings. The Morgan fingerprint density at radius 3 is 2.68 bits per heavy atom. The monoisotopic (exact) mass is 441 g/mol. The van der Waals surface area contributed by atoms with Crippen LogP contribution in [-0.4, -0.2) is 41.2 Å². The van der Waals surface area contributed by atoms with Gasteiger partial charge >= 0.3 is 0 Å². The molecule has 1 aliphatic heterocycles. The molecule has 7 heteroatoms. The maximum atomic E-state index is 12.8. The molecule has 0 bridgehead atoms. The minimum absolute atomic E-state index is 0. The van der Waals surface area contributed by atoms with Crippen LogP contribution in [0.15, 0.2) is 48.7 Å². The lowest BCUT2D eigenvalue weighted by molar-refractivity contribution is -0.134. The van der Waals surface area contributed by atoms with Crippen LogP contribution in [0.2, 0.25) is 0 Å². The van der Waals surface area contributed by atoms with E-state index >= 15 is 0 Å². The number of carbonyl (C=O) groups excluding carboxylic acids is 1. The van der Waals surface area contributed by atoms with E-state index in [0.717, 1.165) is 43.3 Å². The van der Waals surface area contributed by atoms with E-state index in [-0.39, 0.29) is 36.8 Å². The summed E-state index contributed by atoms with van der Waals surface area (Å²) in [6.07, 6.45) is 3.44. The zero-order valence-electron chi connectivity index (χ0n) is 16.2. The number of hydrogen-bond donors (Lipinski definition) is 1. The lowest BCUT2D eigenvalue weighted by Gasteiger charge is -2.36. The number of nitrogens with zero attached hydrogens (tertiary/aromatic N) is 2. The maximum absolute atomic E-state index is 12.8. The molecule has 1 unspecified atom stereocenters. The van der Waals surface area contributed by atoms with Gasteiger partial charge in [0, 0.05) is 43.8 Å². The van der Waals surface area contributed by atoms with Gasteiger partial charge in [0.05, 0.1) is 11.7 Å². The lowest BCUT2D eigenvalue weighted by atomic mass is 10.0. The number of thioether (sulfide) groups is 1. The summed E-state index contributed by atoms with van der Waals surface area (Å²) >= 11 is 1.78. The van der Waals surface area contributed by atoms with Crippen molar-refractivity contribution in [2.75, 3.05) is 25.4 Å². The van der Waals surface area contributed by atoms with Crippen molar-refractivity contribution < 1.29 is 4.79 Å². The van der Waals surface area contributed by atoms with Crippen molar-refractivity contribution in [3.63, 3.8) is 0 Å². The molecule has 0 spiro atoms. The van der Waals surface area contributed by atoms with Crippen molar-refractivity contribution in [2.45, 2.75) is 31.6 Å². The van der Waals surface area contributed by atoms with Crippen LogP contribution in [0.3, 0.4) is 0 Å². The zero-order chi connectivity index (χ0) is 18.2. The summed E-state index contributed by atoms with van der Waals surface area (Å²) in [6.45, 7) is 4.65. The molecule has 154 valence electrons. The first kappa shape index (κ1) is 24.8. The zero-order valence-corrected chi connectivity index (χ0v) is 18.6. The standard InChI is InChI=1S/C21H27N3OS.2ClH/c1-2-17-6-8-18(9-7-17)20-15-22-12-13-24(20)21(25)10-14-26-16-19-5-3-4-11-23-19;;/h3-9,11,20,22H,2,10,12-16H2,1H3;2*1H. The van der Waals surface area contributed by atoms with Crippen LogP contribution in [0.4, 0.5) is 0 Å². The Morgan fingerprint density at radius 2 is 2.00 bits per heavy atom. The summed E-state index contributed by atoms with van der Waals surface area (Å²) in [4.78, 5) is 19.2. The van der Waals surface area contributed by atoms with Gasteiger partial charge in [0.1, 0.15) is 0 Å². The van der Waals surface area contributed by atoms with E-state index in [1.54, 1.807) is 11.8 Å². The van der Waals surface area contributed by atoms with Crippen LogP contribution in [0.1, 0.15) is 36.2 Å². The SMILES string of the molecule is CCc1ccc(C2CNCCN2C(=O)CCSCc2ccccn2)cc1.Cl.Cl. The topological polar surface area (TPSA) is 45.2 Å². The molecule has 1 N–H and O–H groups in total. The lowest BCUT2D eigenvalue weighted by Crippen LogP contribution is -2.48. The minimum Gasteiger partial charge on any atom is -0.333 e. The number of halogens is 2. The summed E-state index contributed by atoms with van der Waals surface area (Å²) in [5.41, 5.74) is 3.63. The molecule has 1 aromatic carbocycles. The van der Waals surface area contributed by atoms with Crippen molar-refractivity contribution in [1.82, 2.24) is 15.2 Å².